The summed E-state index contributed by atoms with van der Waals surface area (Å²) in [6.07, 6.45) is 0. The highest BCUT2D eigenvalue weighted by atomic mass is 15.0. The predicted molar refractivity (Wildman–Crippen MR) is 224 cm³/mol. The Bertz CT molecular complexity index is 3420. The Morgan fingerprint density at radius 2 is 0.836 bits per heavy atom. The van der Waals surface area contributed by atoms with Gasteiger partial charge in [-0.2, -0.15) is 10.5 Å². The van der Waals surface area contributed by atoms with E-state index in [1.807, 2.05) is 36.4 Å². The Balaban J connectivity index is 1.16. The lowest BCUT2D eigenvalue weighted by Gasteiger charge is -2.16. The smallest absolute Gasteiger partial charge is 0.101 e. The van der Waals surface area contributed by atoms with Gasteiger partial charge in [-0.15, -0.1) is 0 Å². The van der Waals surface area contributed by atoms with Gasteiger partial charge in [0.2, 0.25) is 0 Å². The highest BCUT2D eigenvalue weighted by Crippen LogP contribution is 2.42. The van der Waals surface area contributed by atoms with Gasteiger partial charge in [0.15, 0.2) is 0 Å². The number of nitriles is 2. The van der Waals surface area contributed by atoms with E-state index in [9.17, 15) is 10.5 Å². The molecule has 0 aliphatic carbocycles. The van der Waals surface area contributed by atoms with Crippen LogP contribution >= 0.6 is 0 Å². The van der Waals surface area contributed by atoms with Crippen LogP contribution in [-0.2, 0) is 0 Å². The summed E-state index contributed by atoms with van der Waals surface area (Å²) in [5, 5.41) is 27.8. The molecule has 0 amide bonds. The molecule has 254 valence electrons. The first-order chi connectivity index (χ1) is 27.2. The van der Waals surface area contributed by atoms with Gasteiger partial charge >= 0.3 is 0 Å². The van der Waals surface area contributed by atoms with Crippen LogP contribution in [0, 0.1) is 22.7 Å². The maximum Gasteiger partial charge on any atom is 0.101 e. The number of hydrogen-bond acceptors (Lipinski definition) is 2. The summed E-state index contributed by atoms with van der Waals surface area (Å²) in [5.74, 6) is 0. The van der Waals surface area contributed by atoms with E-state index in [0.29, 0.717) is 11.1 Å². The van der Waals surface area contributed by atoms with Crippen molar-refractivity contribution in [2.45, 2.75) is 0 Å². The Morgan fingerprint density at radius 1 is 0.345 bits per heavy atom. The zero-order valence-corrected chi connectivity index (χ0v) is 29.5. The van der Waals surface area contributed by atoms with Gasteiger partial charge in [-0.25, -0.2) is 0 Å². The Morgan fingerprint density at radius 3 is 1.53 bits per heavy atom. The third-order valence-corrected chi connectivity index (χ3v) is 11.1. The van der Waals surface area contributed by atoms with Crippen LogP contribution in [0.4, 0.5) is 0 Å². The number of hydrogen-bond donors (Lipinski definition) is 0. The predicted octanol–water partition coefficient (Wildman–Crippen LogP) is 12.4. The van der Waals surface area contributed by atoms with Crippen LogP contribution in [0.2, 0.25) is 0 Å². The monoisotopic (exact) mass is 699 g/mol. The van der Waals surface area contributed by atoms with Crippen LogP contribution in [0.15, 0.2) is 176 Å². The van der Waals surface area contributed by atoms with E-state index in [0.717, 1.165) is 82.8 Å². The van der Waals surface area contributed by atoms with Crippen molar-refractivity contribution in [1.29, 1.82) is 10.5 Å². The number of nitrogens with zero attached hydrogens (tertiary/aromatic N) is 5. The molecule has 0 aliphatic rings. The second kappa shape index (κ2) is 11.8. The first-order valence-electron chi connectivity index (χ1n) is 18.3. The Hall–Kier alpha value is -7.86. The van der Waals surface area contributed by atoms with Crippen LogP contribution in [-0.4, -0.2) is 13.7 Å². The molecular weight excluding hydrogens is 671 g/mol. The maximum atomic E-state index is 10.8. The molecule has 0 saturated carbocycles. The van der Waals surface area contributed by atoms with Crippen LogP contribution < -0.4 is 0 Å². The largest absolute Gasteiger partial charge is 0.309 e. The average Bonchev–Trinajstić information content (AvgIpc) is 3.89. The molecule has 11 rings (SSSR count). The summed E-state index contributed by atoms with van der Waals surface area (Å²) in [6, 6.07) is 65.8. The van der Waals surface area contributed by atoms with Crippen LogP contribution in [0.1, 0.15) is 11.1 Å². The lowest BCUT2D eigenvalue weighted by atomic mass is 9.97. The number of fused-ring (bicyclic) bond motifs is 9. The van der Waals surface area contributed by atoms with Gasteiger partial charge in [0.1, 0.15) is 6.07 Å². The van der Waals surface area contributed by atoms with Gasteiger partial charge in [-0.3, -0.25) is 0 Å². The number of aromatic nitrogens is 3. The van der Waals surface area contributed by atoms with E-state index in [1.165, 1.54) is 10.8 Å². The zero-order valence-electron chi connectivity index (χ0n) is 29.5. The molecule has 0 bridgehead atoms. The molecule has 5 heteroatoms. The summed E-state index contributed by atoms with van der Waals surface area (Å²) in [7, 11) is 0. The van der Waals surface area contributed by atoms with E-state index < -0.39 is 0 Å². The Labute approximate surface area is 316 Å². The van der Waals surface area contributed by atoms with Crippen molar-refractivity contribution in [1.82, 2.24) is 13.7 Å². The quantitative estimate of drug-likeness (QED) is 0.184. The van der Waals surface area contributed by atoms with E-state index in [1.54, 1.807) is 0 Å². The number of para-hydroxylation sites is 6. The SMILES string of the molecule is N#Cc1cc(-n2c3ccccc3c3cccc(C#N)c32)ccc1-c1ccccc1-n1c2ccccc2c2c(-n3c4ccccc4c4ccccc43)cccc21. The molecule has 0 fully saturated rings. The average molecular weight is 700 g/mol. The second-order valence-electron chi connectivity index (χ2n) is 13.9. The van der Waals surface area contributed by atoms with Crippen LogP contribution in [0.3, 0.4) is 0 Å². The second-order valence-corrected chi connectivity index (χ2v) is 13.9. The van der Waals surface area contributed by atoms with Crippen LogP contribution in [0.5, 0.6) is 0 Å². The van der Waals surface area contributed by atoms with Gasteiger partial charge in [0, 0.05) is 49.1 Å². The fraction of sp³-hybridized carbons (Fsp3) is 0. The van der Waals surface area contributed by atoms with E-state index >= 15 is 0 Å². The van der Waals surface area contributed by atoms with Gasteiger partial charge in [0.25, 0.3) is 0 Å². The van der Waals surface area contributed by atoms with Crippen molar-refractivity contribution in [3.63, 3.8) is 0 Å². The molecule has 0 N–H and O–H groups in total. The zero-order chi connectivity index (χ0) is 36.6. The minimum atomic E-state index is 0.553. The van der Waals surface area contributed by atoms with Crippen molar-refractivity contribution >= 4 is 65.4 Å². The highest BCUT2D eigenvalue weighted by Gasteiger charge is 2.22. The molecule has 3 heterocycles. The molecule has 8 aromatic carbocycles. The normalized spacial score (nSPS) is 11.6. The summed E-state index contributed by atoms with van der Waals surface area (Å²) in [6.45, 7) is 0. The Kier molecular flexibility index (Phi) is 6.61. The van der Waals surface area contributed by atoms with Crippen molar-refractivity contribution in [3.05, 3.63) is 187 Å². The van der Waals surface area contributed by atoms with Gasteiger partial charge in [0.05, 0.1) is 61.7 Å². The molecule has 0 aliphatic heterocycles. The van der Waals surface area contributed by atoms with Crippen LogP contribution in [0.25, 0.3) is 93.6 Å². The van der Waals surface area contributed by atoms with Crippen molar-refractivity contribution < 1.29 is 0 Å². The summed E-state index contributed by atoms with van der Waals surface area (Å²) in [4.78, 5) is 0. The fourth-order valence-corrected chi connectivity index (χ4v) is 8.90. The molecule has 0 unspecified atom stereocenters. The molecule has 11 aromatic rings. The lowest BCUT2D eigenvalue weighted by Crippen LogP contribution is -2.00. The topological polar surface area (TPSA) is 62.4 Å². The summed E-state index contributed by atoms with van der Waals surface area (Å²) < 4.78 is 6.86. The standard InChI is InChI=1S/C50H29N5/c51-30-32-13-11-19-40-39-17-4-6-20-42(39)53(50(32)40)34-27-28-35(33(29-34)31-52)36-14-1-7-21-43(36)55-46-24-10-5-18-41(46)49-47(25-12-26-48(49)55)54-44-22-8-2-15-37(44)38-16-3-9-23-45(38)54/h1-29H. The minimum absolute atomic E-state index is 0.553. The minimum Gasteiger partial charge on any atom is -0.309 e. The van der Waals surface area contributed by atoms with Gasteiger partial charge < -0.3 is 13.7 Å². The molecule has 0 atom stereocenters. The van der Waals surface area contributed by atoms with E-state index in [2.05, 4.69) is 165 Å². The number of rotatable bonds is 4. The van der Waals surface area contributed by atoms with Crippen molar-refractivity contribution in [2.24, 2.45) is 0 Å². The van der Waals surface area contributed by atoms with Gasteiger partial charge in [-0.05, 0) is 60.7 Å². The molecule has 55 heavy (non-hydrogen) atoms. The molecule has 3 aromatic heterocycles. The van der Waals surface area contributed by atoms with E-state index in [-0.39, 0.29) is 0 Å². The van der Waals surface area contributed by atoms with E-state index in [4.69, 9.17) is 0 Å². The molecular formula is C50H29N5. The lowest BCUT2D eigenvalue weighted by molar-refractivity contribution is 1.16. The molecule has 0 saturated heterocycles. The van der Waals surface area contributed by atoms with Crippen molar-refractivity contribution in [2.75, 3.05) is 0 Å². The summed E-state index contributed by atoms with van der Waals surface area (Å²) in [5.41, 5.74) is 12.2. The first-order valence-corrected chi connectivity index (χ1v) is 18.3. The number of benzene rings is 8. The fourth-order valence-electron chi connectivity index (χ4n) is 8.90. The van der Waals surface area contributed by atoms with Gasteiger partial charge in [-0.1, -0.05) is 115 Å². The molecule has 0 radical (unpaired) electrons. The third kappa shape index (κ3) is 4.33. The maximum absolute atomic E-state index is 10.8. The third-order valence-electron chi connectivity index (χ3n) is 11.1. The summed E-state index contributed by atoms with van der Waals surface area (Å²) >= 11 is 0. The first kappa shape index (κ1) is 30.7. The van der Waals surface area contributed by atoms with Crippen molar-refractivity contribution in [3.8, 4) is 40.3 Å². The molecule has 5 nitrogen and oxygen atoms in total. The molecule has 0 spiro atoms. The highest BCUT2D eigenvalue weighted by molar-refractivity contribution is 6.17.